The molecule has 3 rings (SSSR count). The zero-order chi connectivity index (χ0) is 16.2. The van der Waals surface area contributed by atoms with Crippen molar-refractivity contribution < 1.29 is 9.53 Å². The minimum Gasteiger partial charge on any atom is -0.467 e. The number of rotatable bonds is 5. The predicted molar refractivity (Wildman–Crippen MR) is 82.1 cm³/mol. The van der Waals surface area contributed by atoms with E-state index in [-0.39, 0.29) is 18.0 Å². The third-order valence-corrected chi connectivity index (χ3v) is 3.40. The number of carbonyl (C=O) groups is 1. The minimum absolute atomic E-state index is 0.216. The second-order valence-corrected chi connectivity index (χ2v) is 4.89. The Morgan fingerprint density at radius 3 is 2.78 bits per heavy atom. The summed E-state index contributed by atoms with van der Waals surface area (Å²) in [5.74, 6) is 0.340. The van der Waals surface area contributed by atoms with E-state index in [9.17, 15) is 4.79 Å². The molecule has 3 aromatic heterocycles. The number of methoxy groups -OCH3 is 1. The van der Waals surface area contributed by atoms with E-state index in [2.05, 4.69) is 25.3 Å². The number of hydrogen-bond acceptors (Lipinski definition) is 6. The molecule has 118 valence electrons. The van der Waals surface area contributed by atoms with Crippen LogP contribution in [0.5, 0.6) is 6.01 Å². The second-order valence-electron chi connectivity index (χ2n) is 4.89. The van der Waals surface area contributed by atoms with Gasteiger partial charge in [0.05, 0.1) is 24.4 Å². The van der Waals surface area contributed by atoms with E-state index in [0.29, 0.717) is 17.8 Å². The molecule has 23 heavy (non-hydrogen) atoms. The van der Waals surface area contributed by atoms with E-state index in [4.69, 9.17) is 4.74 Å². The molecule has 0 aliphatic heterocycles. The first-order valence-corrected chi connectivity index (χ1v) is 7.17. The molecule has 0 aliphatic carbocycles. The lowest BCUT2D eigenvalue weighted by atomic mass is 10.1. The third kappa shape index (κ3) is 3.10. The lowest BCUT2D eigenvalue weighted by molar-refractivity contribution is 0.0934. The monoisotopic (exact) mass is 312 g/mol. The first kappa shape index (κ1) is 14.9. The number of nitrogens with zero attached hydrogens (tertiary/aromatic N) is 5. The molecule has 0 aromatic carbocycles. The Morgan fingerprint density at radius 1 is 1.35 bits per heavy atom. The van der Waals surface area contributed by atoms with Crippen LogP contribution in [-0.2, 0) is 0 Å². The van der Waals surface area contributed by atoms with Crippen molar-refractivity contribution in [3.05, 3.63) is 48.3 Å². The molecular weight excluding hydrogens is 296 g/mol. The Morgan fingerprint density at radius 2 is 2.13 bits per heavy atom. The topological polar surface area (TPSA) is 94.3 Å². The van der Waals surface area contributed by atoms with Gasteiger partial charge in [-0.1, -0.05) is 6.92 Å². The minimum atomic E-state index is -0.260. The van der Waals surface area contributed by atoms with Gasteiger partial charge in [-0.05, 0) is 12.5 Å². The van der Waals surface area contributed by atoms with E-state index in [1.165, 1.54) is 19.5 Å². The van der Waals surface area contributed by atoms with Crippen molar-refractivity contribution in [3.8, 4) is 6.01 Å². The Kier molecular flexibility index (Phi) is 4.13. The largest absolute Gasteiger partial charge is 0.467 e. The SMILES string of the molecule is CC[C@H](NC(=O)c1cnc(OC)nc1)c1cn2cccnc2n1. The van der Waals surface area contributed by atoms with E-state index in [1.807, 2.05) is 29.8 Å². The maximum Gasteiger partial charge on any atom is 0.316 e. The Bertz CT molecular complexity index is 781. The highest BCUT2D eigenvalue weighted by Gasteiger charge is 2.18. The van der Waals surface area contributed by atoms with E-state index < -0.39 is 0 Å². The number of fused-ring (bicyclic) bond motifs is 1. The fourth-order valence-corrected chi connectivity index (χ4v) is 2.18. The summed E-state index contributed by atoms with van der Waals surface area (Å²) < 4.78 is 6.70. The van der Waals surface area contributed by atoms with Crippen molar-refractivity contribution in [2.45, 2.75) is 19.4 Å². The van der Waals surface area contributed by atoms with Crippen LogP contribution in [0.3, 0.4) is 0 Å². The van der Waals surface area contributed by atoms with Crippen molar-refractivity contribution in [3.63, 3.8) is 0 Å². The van der Waals surface area contributed by atoms with Gasteiger partial charge in [-0.15, -0.1) is 0 Å². The van der Waals surface area contributed by atoms with Crippen LogP contribution in [-0.4, -0.2) is 37.4 Å². The summed E-state index contributed by atoms with van der Waals surface area (Å²) in [5.41, 5.74) is 1.13. The van der Waals surface area contributed by atoms with Gasteiger partial charge in [0.25, 0.3) is 5.91 Å². The van der Waals surface area contributed by atoms with Gasteiger partial charge < -0.3 is 10.1 Å². The number of nitrogens with one attached hydrogen (secondary N) is 1. The summed E-state index contributed by atoms with van der Waals surface area (Å²) in [6.45, 7) is 1.98. The maximum absolute atomic E-state index is 12.3. The van der Waals surface area contributed by atoms with Crippen molar-refractivity contribution in [2.24, 2.45) is 0 Å². The highest BCUT2D eigenvalue weighted by atomic mass is 16.5. The number of amides is 1. The Balaban J connectivity index is 1.79. The van der Waals surface area contributed by atoms with Crippen molar-refractivity contribution in [1.29, 1.82) is 0 Å². The average Bonchev–Trinajstić information content (AvgIpc) is 3.03. The summed E-state index contributed by atoms with van der Waals surface area (Å²) in [7, 11) is 1.47. The molecule has 0 unspecified atom stereocenters. The van der Waals surface area contributed by atoms with E-state index in [0.717, 1.165) is 5.69 Å². The van der Waals surface area contributed by atoms with Gasteiger partial charge >= 0.3 is 6.01 Å². The molecule has 0 saturated carbocycles. The molecule has 0 bridgehead atoms. The van der Waals surface area contributed by atoms with Crippen LogP contribution in [0.2, 0.25) is 0 Å². The molecule has 1 N–H and O–H groups in total. The maximum atomic E-state index is 12.3. The van der Waals surface area contributed by atoms with Gasteiger partial charge in [-0.3, -0.25) is 9.20 Å². The van der Waals surface area contributed by atoms with Gasteiger partial charge in [0.15, 0.2) is 0 Å². The number of hydrogen-bond donors (Lipinski definition) is 1. The molecule has 8 nitrogen and oxygen atoms in total. The second kappa shape index (κ2) is 6.39. The standard InChI is InChI=1S/C15H16N6O2/c1-3-11(12-9-21-6-4-5-16-14(21)20-12)19-13(22)10-7-17-15(23-2)18-8-10/h4-9,11H,3H2,1-2H3,(H,19,22)/t11-/m0/s1. The summed E-state index contributed by atoms with van der Waals surface area (Å²) in [6.07, 6.45) is 8.97. The first-order valence-electron chi connectivity index (χ1n) is 7.17. The summed E-state index contributed by atoms with van der Waals surface area (Å²) in [5, 5.41) is 2.93. The Hall–Kier alpha value is -3.03. The number of ether oxygens (including phenoxy) is 1. The number of carbonyl (C=O) groups excluding carboxylic acids is 1. The van der Waals surface area contributed by atoms with Crippen molar-refractivity contribution in [2.75, 3.05) is 7.11 Å². The fourth-order valence-electron chi connectivity index (χ4n) is 2.18. The molecule has 1 amide bonds. The smallest absolute Gasteiger partial charge is 0.316 e. The molecule has 3 aromatic rings. The zero-order valence-electron chi connectivity index (χ0n) is 12.8. The van der Waals surface area contributed by atoms with Gasteiger partial charge in [-0.25, -0.2) is 19.9 Å². The van der Waals surface area contributed by atoms with Gasteiger partial charge in [0, 0.05) is 31.0 Å². The normalized spacial score (nSPS) is 12.1. The quantitative estimate of drug-likeness (QED) is 0.765. The fraction of sp³-hybridized carbons (Fsp3) is 0.267. The van der Waals surface area contributed by atoms with Crippen LogP contribution in [0, 0.1) is 0 Å². The van der Waals surface area contributed by atoms with Crippen LogP contribution in [0.15, 0.2) is 37.1 Å². The number of imidazole rings is 1. The lowest BCUT2D eigenvalue weighted by Gasteiger charge is -2.14. The molecule has 0 aliphatic rings. The van der Waals surface area contributed by atoms with Crippen LogP contribution in [0.1, 0.15) is 35.4 Å². The zero-order valence-corrected chi connectivity index (χ0v) is 12.8. The molecule has 3 heterocycles. The van der Waals surface area contributed by atoms with Crippen LogP contribution in [0.4, 0.5) is 0 Å². The molecular formula is C15H16N6O2. The number of aromatic nitrogens is 5. The molecule has 0 spiro atoms. The van der Waals surface area contributed by atoms with E-state index >= 15 is 0 Å². The van der Waals surface area contributed by atoms with Gasteiger partial charge in [0.1, 0.15) is 0 Å². The third-order valence-electron chi connectivity index (χ3n) is 3.40. The molecule has 0 fully saturated rings. The summed E-state index contributed by atoms with van der Waals surface area (Å²) in [6, 6.07) is 1.83. The lowest BCUT2D eigenvalue weighted by Crippen LogP contribution is -2.28. The predicted octanol–water partition coefficient (Wildman–Crippen LogP) is 1.41. The van der Waals surface area contributed by atoms with E-state index in [1.54, 1.807) is 6.20 Å². The van der Waals surface area contributed by atoms with Crippen molar-refractivity contribution >= 4 is 11.7 Å². The van der Waals surface area contributed by atoms with Gasteiger partial charge in [0.2, 0.25) is 5.78 Å². The molecule has 0 radical (unpaired) electrons. The summed E-state index contributed by atoms with van der Waals surface area (Å²) >= 11 is 0. The highest BCUT2D eigenvalue weighted by molar-refractivity contribution is 5.93. The van der Waals surface area contributed by atoms with Crippen LogP contribution >= 0.6 is 0 Å². The van der Waals surface area contributed by atoms with Crippen LogP contribution < -0.4 is 10.1 Å². The summed E-state index contributed by atoms with van der Waals surface area (Å²) in [4.78, 5) is 28.8. The molecule has 8 heteroatoms. The Labute approximate surface area is 132 Å². The average molecular weight is 312 g/mol. The van der Waals surface area contributed by atoms with Crippen LogP contribution in [0.25, 0.3) is 5.78 Å². The highest BCUT2D eigenvalue weighted by Crippen LogP contribution is 2.16. The van der Waals surface area contributed by atoms with Gasteiger partial charge in [-0.2, -0.15) is 0 Å². The molecule has 1 atom stereocenters. The molecule has 0 saturated heterocycles. The first-order chi connectivity index (χ1) is 11.2. The van der Waals surface area contributed by atoms with Crippen molar-refractivity contribution in [1.82, 2.24) is 29.7 Å².